The molecule has 2 fully saturated rings. The van der Waals surface area contributed by atoms with E-state index in [9.17, 15) is 9.59 Å². The number of carbonyl (C=O) groups is 2. The molecule has 0 amide bonds. The van der Waals surface area contributed by atoms with Gasteiger partial charge in [0.05, 0.1) is 26.4 Å². The Morgan fingerprint density at radius 2 is 0.797 bits per heavy atom. The van der Waals surface area contributed by atoms with E-state index in [-0.39, 0.29) is 11.9 Å². The summed E-state index contributed by atoms with van der Waals surface area (Å²) < 4.78 is 17.3. The van der Waals surface area contributed by atoms with E-state index in [0.29, 0.717) is 55.4 Å². The van der Waals surface area contributed by atoms with Crippen molar-refractivity contribution in [2.45, 2.75) is 284 Å². The van der Waals surface area contributed by atoms with E-state index in [0.717, 1.165) is 38.9 Å². The molecule has 0 radical (unpaired) electrons. The Labute approximate surface area is 367 Å². The van der Waals surface area contributed by atoms with Crippen molar-refractivity contribution < 1.29 is 23.8 Å². The van der Waals surface area contributed by atoms with E-state index in [2.05, 4.69) is 33.0 Å². The maximum atomic E-state index is 12.7. The molecule has 1 saturated carbocycles. The molecule has 1 aliphatic heterocycles. The van der Waals surface area contributed by atoms with Crippen LogP contribution in [0.5, 0.6) is 0 Å². The first-order valence-corrected chi connectivity index (χ1v) is 26.6. The molecule has 0 bridgehead atoms. The highest BCUT2D eigenvalue weighted by Gasteiger charge is 2.49. The molecule has 1 saturated heterocycles. The van der Waals surface area contributed by atoms with Gasteiger partial charge in [0.15, 0.2) is 0 Å². The highest BCUT2D eigenvalue weighted by atomic mass is 16.5. The minimum absolute atomic E-state index is 0.0178. The molecule has 2 aliphatic rings. The van der Waals surface area contributed by atoms with Crippen LogP contribution in [-0.2, 0) is 23.8 Å². The molecule has 2 rings (SSSR count). The molecule has 6 nitrogen and oxygen atoms in total. The molecule has 59 heavy (non-hydrogen) atoms. The van der Waals surface area contributed by atoms with Gasteiger partial charge in [-0.15, -0.1) is 0 Å². The van der Waals surface area contributed by atoms with Gasteiger partial charge in [0, 0.05) is 30.3 Å². The van der Waals surface area contributed by atoms with Crippen molar-refractivity contribution in [1.29, 1.82) is 0 Å². The number of esters is 2. The van der Waals surface area contributed by atoms with E-state index in [1.54, 1.807) is 0 Å². The number of rotatable bonds is 44. The van der Waals surface area contributed by atoms with E-state index in [1.165, 1.54) is 205 Å². The summed E-state index contributed by atoms with van der Waals surface area (Å²) in [6.07, 6.45) is 46.1. The molecule has 0 aromatic heterocycles. The largest absolute Gasteiger partial charge is 0.465 e. The average molecular weight is 832 g/mol. The van der Waals surface area contributed by atoms with Crippen molar-refractivity contribution in [2.75, 3.05) is 26.4 Å². The molecule has 348 valence electrons. The molecule has 0 aromatic carbocycles. The highest BCUT2D eigenvalue weighted by molar-refractivity contribution is 5.69. The number of nitrogens with one attached hydrogen (secondary N) is 1. The average Bonchev–Trinajstić information content (AvgIpc) is 3.20. The summed E-state index contributed by atoms with van der Waals surface area (Å²) in [6.45, 7) is 12.3. The number of carbonyl (C=O) groups excluding carboxylic acids is 2. The molecular weight excluding hydrogens is 731 g/mol. The maximum Gasteiger partial charge on any atom is 0.305 e. The first-order valence-electron chi connectivity index (χ1n) is 26.6. The van der Waals surface area contributed by atoms with Crippen LogP contribution >= 0.6 is 0 Å². The lowest BCUT2D eigenvalue weighted by Crippen LogP contribution is -2.60. The third-order valence-corrected chi connectivity index (χ3v) is 13.8. The Kier molecular flexibility index (Phi) is 34.2. The van der Waals surface area contributed by atoms with E-state index < -0.39 is 0 Å². The summed E-state index contributed by atoms with van der Waals surface area (Å²) in [6, 6.07) is 1.21. The summed E-state index contributed by atoms with van der Waals surface area (Å²) in [5, 5.41) is 4.04. The lowest BCUT2D eigenvalue weighted by atomic mass is 9.64. The molecule has 1 N–H and O–H groups in total. The predicted molar refractivity (Wildman–Crippen MR) is 251 cm³/mol. The second-order valence-corrected chi connectivity index (χ2v) is 19.8. The second-order valence-electron chi connectivity index (χ2n) is 19.8. The van der Waals surface area contributed by atoms with Crippen molar-refractivity contribution in [3.63, 3.8) is 0 Å². The van der Waals surface area contributed by atoms with Gasteiger partial charge in [-0.25, -0.2) is 0 Å². The summed E-state index contributed by atoms with van der Waals surface area (Å²) >= 11 is 0. The van der Waals surface area contributed by atoms with Crippen LogP contribution in [0.2, 0.25) is 0 Å². The Morgan fingerprint density at radius 3 is 1.12 bits per heavy atom. The standard InChI is InChI=1S/C53H101NO5/c1-5-9-13-17-25-33-47(34-26-18-14-10-6-2)43-58-51(55)39-31-23-21-29-37-49(54-50-41-53(42-50)45-57-46-53)38-30-22-24-32-40-52(56)59-44-48(35-27-19-15-11-7-3)36-28-20-16-12-8-4/h47-50,54H,5-46H2,1-4H3. The van der Waals surface area contributed by atoms with Crippen LogP contribution in [0.4, 0.5) is 0 Å². The molecule has 0 atom stereocenters. The third kappa shape index (κ3) is 29.0. The molecule has 1 heterocycles. The zero-order valence-corrected chi connectivity index (χ0v) is 40.0. The molecule has 1 aliphatic carbocycles. The first kappa shape index (κ1) is 54.0. The summed E-state index contributed by atoms with van der Waals surface area (Å²) in [5.41, 5.74) is 0.484. The molecule has 0 unspecified atom stereocenters. The summed E-state index contributed by atoms with van der Waals surface area (Å²) in [7, 11) is 0. The maximum absolute atomic E-state index is 12.7. The third-order valence-electron chi connectivity index (χ3n) is 13.8. The summed E-state index contributed by atoms with van der Waals surface area (Å²) in [5.74, 6) is 1.11. The van der Waals surface area contributed by atoms with Crippen LogP contribution in [0.3, 0.4) is 0 Å². The monoisotopic (exact) mass is 832 g/mol. The van der Waals surface area contributed by atoms with Crippen LogP contribution in [0.15, 0.2) is 0 Å². The lowest BCUT2D eigenvalue weighted by Gasteiger charge is -2.54. The molecule has 6 heteroatoms. The van der Waals surface area contributed by atoms with Crippen LogP contribution < -0.4 is 5.32 Å². The highest BCUT2D eigenvalue weighted by Crippen LogP contribution is 2.47. The van der Waals surface area contributed by atoms with Gasteiger partial charge < -0.3 is 19.5 Å². The van der Waals surface area contributed by atoms with Gasteiger partial charge in [0.2, 0.25) is 0 Å². The second kappa shape index (κ2) is 37.4. The van der Waals surface area contributed by atoms with Crippen LogP contribution in [0.1, 0.15) is 272 Å². The number of hydrogen-bond donors (Lipinski definition) is 1. The number of hydrogen-bond acceptors (Lipinski definition) is 6. The van der Waals surface area contributed by atoms with Crippen LogP contribution in [0, 0.1) is 17.3 Å². The van der Waals surface area contributed by atoms with Gasteiger partial charge in [0.1, 0.15) is 0 Å². The van der Waals surface area contributed by atoms with E-state index in [1.807, 2.05) is 0 Å². The Hall–Kier alpha value is -1.14. The number of unbranched alkanes of at least 4 members (excludes halogenated alkanes) is 22. The fourth-order valence-corrected chi connectivity index (χ4v) is 9.74. The minimum Gasteiger partial charge on any atom is -0.465 e. The van der Waals surface area contributed by atoms with E-state index in [4.69, 9.17) is 14.2 Å². The van der Waals surface area contributed by atoms with Crippen molar-refractivity contribution in [3.8, 4) is 0 Å². The minimum atomic E-state index is 0.0178. The Morgan fingerprint density at radius 1 is 0.475 bits per heavy atom. The zero-order chi connectivity index (χ0) is 42.5. The van der Waals surface area contributed by atoms with Gasteiger partial charge >= 0.3 is 11.9 Å². The normalized spacial score (nSPS) is 15.0. The topological polar surface area (TPSA) is 73.9 Å². The van der Waals surface area contributed by atoms with Crippen molar-refractivity contribution in [1.82, 2.24) is 5.32 Å². The van der Waals surface area contributed by atoms with Crippen LogP contribution in [0.25, 0.3) is 0 Å². The SMILES string of the molecule is CCCCCCCC(CCCCCCC)COC(=O)CCCCCCC(CCCCCCC(=O)OCC(CCCCCCC)CCCCCCC)NC1CC2(COC2)C1. The van der Waals surface area contributed by atoms with Gasteiger partial charge in [0.25, 0.3) is 0 Å². The fourth-order valence-electron chi connectivity index (χ4n) is 9.74. The number of ether oxygens (including phenoxy) is 3. The predicted octanol–water partition coefficient (Wildman–Crippen LogP) is 15.6. The smallest absolute Gasteiger partial charge is 0.305 e. The molecule has 1 spiro atoms. The quantitative estimate of drug-likeness (QED) is 0.0487. The van der Waals surface area contributed by atoms with Crippen LogP contribution in [-0.4, -0.2) is 50.4 Å². The molecular formula is C53H101NO5. The van der Waals surface area contributed by atoms with Gasteiger partial charge in [-0.05, 0) is 76.0 Å². The zero-order valence-electron chi connectivity index (χ0n) is 40.0. The van der Waals surface area contributed by atoms with Crippen molar-refractivity contribution in [3.05, 3.63) is 0 Å². The Bertz CT molecular complexity index is 872. The summed E-state index contributed by atoms with van der Waals surface area (Å²) in [4.78, 5) is 25.4. The molecule has 0 aromatic rings. The van der Waals surface area contributed by atoms with Gasteiger partial charge in [-0.2, -0.15) is 0 Å². The Balaban J connectivity index is 1.63. The fraction of sp³-hybridized carbons (Fsp3) is 0.962. The van der Waals surface area contributed by atoms with Crippen molar-refractivity contribution >= 4 is 11.9 Å². The van der Waals surface area contributed by atoms with Gasteiger partial charge in [-0.1, -0.05) is 195 Å². The van der Waals surface area contributed by atoms with Crippen molar-refractivity contribution in [2.24, 2.45) is 17.3 Å². The first-order chi connectivity index (χ1) is 28.9. The van der Waals surface area contributed by atoms with Gasteiger partial charge in [-0.3, -0.25) is 9.59 Å². The van der Waals surface area contributed by atoms with E-state index >= 15 is 0 Å². The lowest BCUT2D eigenvalue weighted by molar-refractivity contribution is -0.168.